The van der Waals surface area contributed by atoms with Gasteiger partial charge in [-0.15, -0.1) is 0 Å². The van der Waals surface area contributed by atoms with Gasteiger partial charge >= 0.3 is 0 Å². The van der Waals surface area contributed by atoms with Crippen LogP contribution in [0.5, 0.6) is 11.5 Å². The Bertz CT molecular complexity index is 466. The minimum absolute atomic E-state index is 0.271. The molecule has 0 radical (unpaired) electrons. The van der Waals surface area contributed by atoms with Crippen LogP contribution in [0.15, 0.2) is 18.2 Å². The molecule has 5 nitrogen and oxygen atoms in total. The topological polar surface area (TPSA) is 45.2 Å². The zero-order chi connectivity index (χ0) is 13.9. The molecule has 20 heavy (non-hydrogen) atoms. The first-order valence-corrected chi connectivity index (χ1v) is 7.21. The largest absolute Gasteiger partial charge is 0.454 e. The molecule has 1 atom stereocenters. The molecule has 2 aliphatic rings. The summed E-state index contributed by atoms with van der Waals surface area (Å²) in [6.07, 6.45) is 0.678. The van der Waals surface area contributed by atoms with Crippen molar-refractivity contribution in [3.05, 3.63) is 23.8 Å². The summed E-state index contributed by atoms with van der Waals surface area (Å²) in [5.74, 6) is 1.49. The molecule has 0 bridgehead atoms. The molecule has 0 amide bonds. The quantitative estimate of drug-likeness (QED) is 0.896. The fourth-order valence-electron chi connectivity index (χ4n) is 2.75. The van der Waals surface area contributed by atoms with Gasteiger partial charge in [-0.25, -0.2) is 0 Å². The van der Waals surface area contributed by atoms with Crippen molar-refractivity contribution in [2.45, 2.75) is 12.5 Å². The Hall–Kier alpha value is -1.30. The first kappa shape index (κ1) is 13.7. The van der Waals surface area contributed by atoms with Crippen molar-refractivity contribution in [2.75, 3.05) is 46.6 Å². The number of ether oxygens (including phenoxy) is 2. The van der Waals surface area contributed by atoms with Crippen molar-refractivity contribution in [3.8, 4) is 11.5 Å². The third-order valence-corrected chi connectivity index (χ3v) is 4.02. The van der Waals surface area contributed by atoms with Crippen LogP contribution in [0, 0.1) is 0 Å². The lowest BCUT2D eigenvalue weighted by Crippen LogP contribution is -2.32. The Kier molecular flexibility index (Phi) is 4.10. The van der Waals surface area contributed by atoms with E-state index in [4.69, 9.17) is 9.47 Å². The van der Waals surface area contributed by atoms with E-state index in [0.29, 0.717) is 6.54 Å². The Morgan fingerprint density at radius 2 is 2.00 bits per heavy atom. The summed E-state index contributed by atoms with van der Waals surface area (Å²) in [5.41, 5.74) is 0.895. The molecule has 1 aromatic rings. The lowest BCUT2D eigenvalue weighted by atomic mass is 10.1. The minimum Gasteiger partial charge on any atom is -0.454 e. The molecule has 1 aromatic carbocycles. The highest BCUT2D eigenvalue weighted by Crippen LogP contribution is 2.34. The molecule has 110 valence electrons. The number of fused-ring (bicyclic) bond motifs is 1. The van der Waals surface area contributed by atoms with Crippen molar-refractivity contribution in [3.63, 3.8) is 0 Å². The van der Waals surface area contributed by atoms with Gasteiger partial charge in [-0.3, -0.25) is 4.90 Å². The average molecular weight is 278 g/mol. The molecule has 2 heterocycles. The van der Waals surface area contributed by atoms with E-state index < -0.39 is 6.10 Å². The van der Waals surface area contributed by atoms with Crippen LogP contribution in [0.25, 0.3) is 0 Å². The SMILES string of the molecule is CN1CCCN(CC(O)c2ccc3c(c2)OCO3)CC1. The van der Waals surface area contributed by atoms with Crippen LogP contribution in [0.2, 0.25) is 0 Å². The number of likely N-dealkylation sites (N-methyl/N-ethyl adjacent to an activating group) is 1. The number of β-amino-alcohol motifs (C(OH)–C–C–N with tert-alkyl or cyclic N) is 1. The highest BCUT2D eigenvalue weighted by Gasteiger charge is 2.19. The first-order valence-electron chi connectivity index (χ1n) is 7.21. The van der Waals surface area contributed by atoms with Crippen molar-refractivity contribution in [2.24, 2.45) is 0 Å². The number of aliphatic hydroxyl groups excluding tert-OH is 1. The molecule has 0 saturated carbocycles. The predicted molar refractivity (Wildman–Crippen MR) is 76.1 cm³/mol. The van der Waals surface area contributed by atoms with E-state index in [1.807, 2.05) is 18.2 Å². The Balaban J connectivity index is 1.62. The third-order valence-electron chi connectivity index (χ3n) is 4.02. The van der Waals surface area contributed by atoms with Crippen LogP contribution in [-0.4, -0.2) is 61.5 Å². The van der Waals surface area contributed by atoms with Gasteiger partial charge in [0.25, 0.3) is 0 Å². The lowest BCUT2D eigenvalue weighted by Gasteiger charge is -2.23. The summed E-state index contributed by atoms with van der Waals surface area (Å²) in [7, 11) is 2.15. The summed E-state index contributed by atoms with van der Waals surface area (Å²) in [6, 6.07) is 5.68. The second-order valence-corrected chi connectivity index (χ2v) is 5.59. The van der Waals surface area contributed by atoms with Crippen LogP contribution in [0.3, 0.4) is 0 Å². The van der Waals surface area contributed by atoms with Gasteiger partial charge in [-0.05, 0) is 44.3 Å². The van der Waals surface area contributed by atoms with Gasteiger partial charge in [0.05, 0.1) is 6.10 Å². The molecule has 5 heteroatoms. The Morgan fingerprint density at radius 1 is 1.15 bits per heavy atom. The van der Waals surface area contributed by atoms with Gasteiger partial charge in [0.15, 0.2) is 11.5 Å². The normalized spacial score (nSPS) is 21.7. The number of hydrogen-bond donors (Lipinski definition) is 1. The zero-order valence-corrected chi connectivity index (χ0v) is 11.9. The molecular formula is C15H22N2O3. The van der Waals surface area contributed by atoms with Gasteiger partial charge in [0.2, 0.25) is 6.79 Å². The molecule has 1 fully saturated rings. The van der Waals surface area contributed by atoms with Gasteiger partial charge in [0, 0.05) is 19.6 Å². The molecule has 2 aliphatic heterocycles. The van der Waals surface area contributed by atoms with Crippen LogP contribution in [0.4, 0.5) is 0 Å². The van der Waals surface area contributed by atoms with Gasteiger partial charge < -0.3 is 19.5 Å². The van der Waals surface area contributed by atoms with E-state index in [2.05, 4.69) is 16.8 Å². The molecule has 1 N–H and O–H groups in total. The maximum Gasteiger partial charge on any atom is 0.231 e. The third kappa shape index (κ3) is 3.06. The van der Waals surface area contributed by atoms with Crippen LogP contribution in [0.1, 0.15) is 18.1 Å². The van der Waals surface area contributed by atoms with Crippen molar-refractivity contribution < 1.29 is 14.6 Å². The van der Waals surface area contributed by atoms with Crippen molar-refractivity contribution >= 4 is 0 Å². The lowest BCUT2D eigenvalue weighted by molar-refractivity contribution is 0.115. The van der Waals surface area contributed by atoms with E-state index in [1.165, 1.54) is 0 Å². The van der Waals surface area contributed by atoms with Gasteiger partial charge in [-0.1, -0.05) is 6.07 Å². The number of hydrogen-bond acceptors (Lipinski definition) is 5. The van der Waals surface area contributed by atoms with E-state index in [0.717, 1.165) is 49.7 Å². The minimum atomic E-state index is -0.479. The van der Waals surface area contributed by atoms with Crippen LogP contribution < -0.4 is 9.47 Å². The summed E-state index contributed by atoms with van der Waals surface area (Å²) in [6.45, 7) is 5.20. The van der Waals surface area contributed by atoms with Crippen LogP contribution in [-0.2, 0) is 0 Å². The monoisotopic (exact) mass is 278 g/mol. The number of benzene rings is 1. The van der Waals surface area contributed by atoms with Gasteiger partial charge in [0.1, 0.15) is 0 Å². The molecule has 0 aliphatic carbocycles. The Labute approximate surface area is 119 Å². The van der Waals surface area contributed by atoms with Crippen molar-refractivity contribution in [1.82, 2.24) is 9.80 Å². The highest BCUT2D eigenvalue weighted by atomic mass is 16.7. The predicted octanol–water partition coefficient (Wildman–Crippen LogP) is 1.09. The van der Waals surface area contributed by atoms with Crippen LogP contribution >= 0.6 is 0 Å². The average Bonchev–Trinajstić information content (AvgIpc) is 2.82. The smallest absolute Gasteiger partial charge is 0.231 e. The molecule has 1 saturated heterocycles. The van der Waals surface area contributed by atoms with E-state index in [1.54, 1.807) is 0 Å². The highest BCUT2D eigenvalue weighted by molar-refractivity contribution is 5.45. The summed E-state index contributed by atoms with van der Waals surface area (Å²) >= 11 is 0. The molecule has 1 unspecified atom stereocenters. The molecule has 0 aromatic heterocycles. The maximum atomic E-state index is 10.4. The zero-order valence-electron chi connectivity index (χ0n) is 11.9. The fraction of sp³-hybridized carbons (Fsp3) is 0.600. The number of rotatable bonds is 3. The van der Waals surface area contributed by atoms with E-state index in [-0.39, 0.29) is 6.79 Å². The molecule has 3 rings (SSSR count). The Morgan fingerprint density at radius 3 is 2.90 bits per heavy atom. The van der Waals surface area contributed by atoms with E-state index >= 15 is 0 Å². The second-order valence-electron chi connectivity index (χ2n) is 5.59. The molecular weight excluding hydrogens is 256 g/mol. The second kappa shape index (κ2) is 5.99. The fourth-order valence-corrected chi connectivity index (χ4v) is 2.75. The van der Waals surface area contributed by atoms with Gasteiger partial charge in [-0.2, -0.15) is 0 Å². The maximum absolute atomic E-state index is 10.4. The summed E-state index contributed by atoms with van der Waals surface area (Å²) in [4.78, 5) is 4.67. The summed E-state index contributed by atoms with van der Waals surface area (Å²) in [5, 5.41) is 10.4. The number of nitrogens with zero attached hydrogens (tertiary/aromatic N) is 2. The standard InChI is InChI=1S/C15H22N2O3/c1-16-5-2-6-17(8-7-16)10-13(18)12-3-4-14-15(9-12)20-11-19-14/h3-4,9,13,18H,2,5-8,10-11H2,1H3. The first-order chi connectivity index (χ1) is 9.72. The van der Waals surface area contributed by atoms with E-state index in [9.17, 15) is 5.11 Å². The number of aliphatic hydroxyl groups is 1. The summed E-state index contributed by atoms with van der Waals surface area (Å²) < 4.78 is 10.7. The van der Waals surface area contributed by atoms with Crippen molar-refractivity contribution in [1.29, 1.82) is 0 Å². The molecule has 0 spiro atoms.